The number of phenolic OH excluding ortho intramolecular Hbond substituents is 4. The van der Waals surface area contributed by atoms with Gasteiger partial charge in [0.05, 0.1) is 0 Å². The lowest BCUT2D eigenvalue weighted by molar-refractivity contribution is 0.434. The number of hydrogen-bond acceptors (Lipinski definition) is 4. The van der Waals surface area contributed by atoms with E-state index in [0.29, 0.717) is 17.5 Å². The molecule has 4 nitrogen and oxygen atoms in total. The summed E-state index contributed by atoms with van der Waals surface area (Å²) >= 11 is 0. The molecule has 0 bridgehead atoms. The third-order valence-electron chi connectivity index (χ3n) is 3.98. The lowest BCUT2D eigenvalue weighted by Crippen LogP contribution is -1.98. The highest BCUT2D eigenvalue weighted by atomic mass is 16.3. The van der Waals surface area contributed by atoms with Gasteiger partial charge in [-0.25, -0.2) is 0 Å². The Kier molecular flexibility index (Phi) is 5.37. The molecule has 0 saturated heterocycles. The van der Waals surface area contributed by atoms with Crippen molar-refractivity contribution in [3.05, 3.63) is 46.5 Å². The lowest BCUT2D eigenvalue weighted by atomic mass is 9.94. The zero-order valence-electron chi connectivity index (χ0n) is 13.6. The smallest absolute Gasteiger partial charge is 0.123 e. The van der Waals surface area contributed by atoms with Gasteiger partial charge in [-0.05, 0) is 42.2 Å². The molecule has 0 aliphatic carbocycles. The van der Waals surface area contributed by atoms with E-state index in [-0.39, 0.29) is 29.4 Å². The Labute approximate surface area is 136 Å². The molecule has 0 atom stereocenters. The molecule has 0 radical (unpaired) electrons. The summed E-state index contributed by atoms with van der Waals surface area (Å²) in [6.07, 6.45) is 3.49. The topological polar surface area (TPSA) is 80.9 Å². The van der Waals surface area contributed by atoms with Crippen LogP contribution in [0.5, 0.6) is 23.0 Å². The Morgan fingerprint density at radius 2 is 1.26 bits per heavy atom. The van der Waals surface area contributed by atoms with E-state index in [0.717, 1.165) is 30.4 Å². The van der Waals surface area contributed by atoms with Gasteiger partial charge in [0.25, 0.3) is 0 Å². The van der Waals surface area contributed by atoms with Gasteiger partial charge in [0.15, 0.2) is 0 Å². The molecule has 124 valence electrons. The number of benzene rings is 2. The Bertz CT molecular complexity index is 669. The number of hydrogen-bond donors (Lipinski definition) is 4. The third-order valence-corrected chi connectivity index (χ3v) is 3.98. The lowest BCUT2D eigenvalue weighted by Gasteiger charge is -2.15. The summed E-state index contributed by atoms with van der Waals surface area (Å²) in [6.45, 7) is 4.05. The minimum Gasteiger partial charge on any atom is -0.508 e. The van der Waals surface area contributed by atoms with Gasteiger partial charge in [0, 0.05) is 23.6 Å². The predicted molar refractivity (Wildman–Crippen MR) is 90.3 cm³/mol. The Morgan fingerprint density at radius 3 is 1.83 bits per heavy atom. The molecule has 0 saturated carbocycles. The number of phenols is 4. The van der Waals surface area contributed by atoms with E-state index in [1.165, 1.54) is 6.07 Å². The quantitative estimate of drug-likeness (QED) is 0.649. The predicted octanol–water partition coefficient (Wildman–Crippen LogP) is 4.00. The number of aryl methyl sites for hydroxylation is 2. The maximum atomic E-state index is 10.2. The molecule has 2 rings (SSSR count). The van der Waals surface area contributed by atoms with Crippen molar-refractivity contribution in [1.82, 2.24) is 0 Å². The van der Waals surface area contributed by atoms with Crippen molar-refractivity contribution >= 4 is 0 Å². The fourth-order valence-corrected chi connectivity index (χ4v) is 2.88. The monoisotopic (exact) mass is 316 g/mol. The fraction of sp³-hybridized carbons (Fsp3) is 0.368. The molecule has 0 fully saturated rings. The van der Waals surface area contributed by atoms with Gasteiger partial charge >= 0.3 is 0 Å². The Morgan fingerprint density at radius 1 is 0.696 bits per heavy atom. The highest BCUT2D eigenvalue weighted by Crippen LogP contribution is 2.36. The standard InChI is InChI=1S/C19H24O4/c1-3-5-12-7-17(21)16(18(22)8-12)11-15-13(6-4-2)9-14(20)10-19(15)23/h7-10,20-23H,3-6,11H2,1-2H3. The average Bonchev–Trinajstić information content (AvgIpc) is 2.45. The molecule has 0 unspecified atom stereocenters. The minimum atomic E-state index is -0.0233. The highest BCUT2D eigenvalue weighted by molar-refractivity contribution is 5.53. The van der Waals surface area contributed by atoms with Gasteiger partial charge in [-0.2, -0.15) is 0 Å². The van der Waals surface area contributed by atoms with E-state index in [9.17, 15) is 20.4 Å². The van der Waals surface area contributed by atoms with Crippen LogP contribution in [0.15, 0.2) is 24.3 Å². The van der Waals surface area contributed by atoms with Crippen LogP contribution in [0.4, 0.5) is 0 Å². The minimum absolute atomic E-state index is 0.0152. The van der Waals surface area contributed by atoms with Crippen LogP contribution < -0.4 is 0 Å². The molecule has 4 heteroatoms. The van der Waals surface area contributed by atoms with E-state index < -0.39 is 0 Å². The van der Waals surface area contributed by atoms with Crippen molar-refractivity contribution in [1.29, 1.82) is 0 Å². The van der Waals surface area contributed by atoms with Crippen LogP contribution in [-0.4, -0.2) is 20.4 Å². The molecule has 2 aromatic carbocycles. The van der Waals surface area contributed by atoms with Crippen LogP contribution in [0.1, 0.15) is 48.9 Å². The largest absolute Gasteiger partial charge is 0.508 e. The van der Waals surface area contributed by atoms with Crippen LogP contribution in [-0.2, 0) is 19.3 Å². The maximum absolute atomic E-state index is 10.2. The zero-order valence-corrected chi connectivity index (χ0v) is 13.6. The second-order valence-corrected chi connectivity index (χ2v) is 5.89. The first-order chi connectivity index (χ1) is 11.0. The summed E-state index contributed by atoms with van der Waals surface area (Å²) in [5, 5.41) is 40.3. The molecule has 23 heavy (non-hydrogen) atoms. The molecule has 0 aliphatic rings. The normalized spacial score (nSPS) is 10.9. The van der Waals surface area contributed by atoms with Gasteiger partial charge in [-0.1, -0.05) is 26.7 Å². The van der Waals surface area contributed by atoms with Crippen LogP contribution in [0, 0.1) is 0 Å². The number of aromatic hydroxyl groups is 4. The zero-order chi connectivity index (χ0) is 17.0. The Hall–Kier alpha value is -2.36. The summed E-state index contributed by atoms with van der Waals surface area (Å²) in [5.74, 6) is 0.0538. The highest BCUT2D eigenvalue weighted by Gasteiger charge is 2.16. The summed E-state index contributed by atoms with van der Waals surface area (Å²) in [5.41, 5.74) is 2.72. The molecular weight excluding hydrogens is 292 g/mol. The fourth-order valence-electron chi connectivity index (χ4n) is 2.88. The van der Waals surface area contributed by atoms with Gasteiger partial charge in [-0.15, -0.1) is 0 Å². The molecule has 0 heterocycles. The molecule has 0 aromatic heterocycles. The first kappa shape index (κ1) is 17.0. The van der Waals surface area contributed by atoms with Gasteiger partial charge < -0.3 is 20.4 Å². The summed E-state index contributed by atoms with van der Waals surface area (Å²) in [7, 11) is 0. The number of rotatable bonds is 6. The summed E-state index contributed by atoms with van der Waals surface area (Å²) in [6, 6.07) is 6.23. The second kappa shape index (κ2) is 7.27. The second-order valence-electron chi connectivity index (χ2n) is 5.89. The molecule has 4 N–H and O–H groups in total. The molecule has 2 aromatic rings. The van der Waals surface area contributed by atoms with Crippen LogP contribution in [0.3, 0.4) is 0 Å². The van der Waals surface area contributed by atoms with Crippen molar-refractivity contribution in [2.45, 2.75) is 46.0 Å². The van der Waals surface area contributed by atoms with E-state index in [2.05, 4.69) is 0 Å². The van der Waals surface area contributed by atoms with Crippen molar-refractivity contribution < 1.29 is 20.4 Å². The molecular formula is C19H24O4. The van der Waals surface area contributed by atoms with E-state index in [1.807, 2.05) is 13.8 Å². The van der Waals surface area contributed by atoms with Gasteiger partial charge in [-0.3, -0.25) is 0 Å². The van der Waals surface area contributed by atoms with E-state index >= 15 is 0 Å². The van der Waals surface area contributed by atoms with Gasteiger partial charge in [0.1, 0.15) is 23.0 Å². The van der Waals surface area contributed by atoms with Crippen LogP contribution in [0.25, 0.3) is 0 Å². The van der Waals surface area contributed by atoms with Crippen molar-refractivity contribution in [2.75, 3.05) is 0 Å². The van der Waals surface area contributed by atoms with Crippen molar-refractivity contribution in [3.63, 3.8) is 0 Å². The average molecular weight is 316 g/mol. The van der Waals surface area contributed by atoms with E-state index in [4.69, 9.17) is 0 Å². The van der Waals surface area contributed by atoms with E-state index in [1.54, 1.807) is 18.2 Å². The molecule has 0 aliphatic heterocycles. The maximum Gasteiger partial charge on any atom is 0.123 e. The van der Waals surface area contributed by atoms with Crippen molar-refractivity contribution in [3.8, 4) is 23.0 Å². The SMILES string of the molecule is CCCc1cc(O)c(Cc2c(O)cc(O)cc2CCC)c(O)c1. The first-order valence-electron chi connectivity index (χ1n) is 8.03. The van der Waals surface area contributed by atoms with Crippen molar-refractivity contribution in [2.24, 2.45) is 0 Å². The van der Waals surface area contributed by atoms with Crippen LogP contribution >= 0.6 is 0 Å². The van der Waals surface area contributed by atoms with Gasteiger partial charge in [0.2, 0.25) is 0 Å². The Balaban J connectivity index is 2.43. The first-order valence-corrected chi connectivity index (χ1v) is 8.03. The van der Waals surface area contributed by atoms with Crippen LogP contribution in [0.2, 0.25) is 0 Å². The molecule has 0 spiro atoms. The molecule has 0 amide bonds. The summed E-state index contributed by atoms with van der Waals surface area (Å²) < 4.78 is 0. The summed E-state index contributed by atoms with van der Waals surface area (Å²) in [4.78, 5) is 0. The third kappa shape index (κ3) is 3.89.